The maximum Gasteiger partial charge on any atom is 0.454 e. The summed E-state index contributed by atoms with van der Waals surface area (Å²) in [6.45, 7) is 5.28. The zero-order valence-electron chi connectivity index (χ0n) is 16.5. The van der Waals surface area contributed by atoms with E-state index in [1.165, 1.54) is 0 Å². The maximum absolute atomic E-state index is 12.4. The lowest BCUT2D eigenvalue weighted by Gasteiger charge is -2.36. The van der Waals surface area contributed by atoms with E-state index >= 15 is 0 Å². The van der Waals surface area contributed by atoms with Crippen molar-refractivity contribution in [1.29, 1.82) is 5.41 Å². The van der Waals surface area contributed by atoms with Gasteiger partial charge in [0.2, 0.25) is 0 Å². The fraction of sp³-hybridized carbons (Fsp3) is 0.474. The van der Waals surface area contributed by atoms with Crippen LogP contribution < -0.4 is 0 Å². The van der Waals surface area contributed by atoms with E-state index in [9.17, 15) is 19.5 Å². The van der Waals surface area contributed by atoms with E-state index < -0.39 is 30.5 Å². The summed E-state index contributed by atoms with van der Waals surface area (Å²) in [5, 5.41) is 18.2. The van der Waals surface area contributed by atoms with Crippen molar-refractivity contribution in [2.24, 2.45) is 0 Å². The molecule has 0 fully saturated rings. The number of likely N-dealkylation sites (N-methyl/N-ethyl adjacent to an activating group) is 1. The number of rotatable bonds is 8. The zero-order chi connectivity index (χ0) is 21.2. The molecule has 0 unspecified atom stereocenters. The van der Waals surface area contributed by atoms with Gasteiger partial charge in [0.1, 0.15) is 0 Å². The summed E-state index contributed by atoms with van der Waals surface area (Å²) >= 11 is 0. The first kappa shape index (κ1) is 23.1. The lowest BCUT2D eigenvalue weighted by molar-refractivity contribution is -0.838. The molecule has 0 atom stereocenters. The second kappa shape index (κ2) is 11.0. The molecule has 154 valence electrons. The third-order valence-electron chi connectivity index (χ3n) is 4.27. The second-order valence-electron chi connectivity index (χ2n) is 6.19. The van der Waals surface area contributed by atoms with Gasteiger partial charge in [-0.2, -0.15) is 0 Å². The van der Waals surface area contributed by atoms with Gasteiger partial charge in [-0.15, -0.1) is 0 Å². The van der Waals surface area contributed by atoms with Gasteiger partial charge >= 0.3 is 24.0 Å². The number of carboxylic acid groups (broad SMARTS) is 1. The third-order valence-corrected chi connectivity index (χ3v) is 4.27. The molecule has 0 bridgehead atoms. The zero-order valence-corrected chi connectivity index (χ0v) is 16.5. The van der Waals surface area contributed by atoms with Crippen molar-refractivity contribution in [1.82, 2.24) is 5.06 Å². The molecule has 1 aromatic rings. The van der Waals surface area contributed by atoms with Gasteiger partial charge < -0.3 is 14.7 Å². The summed E-state index contributed by atoms with van der Waals surface area (Å²) in [4.78, 5) is 41.2. The van der Waals surface area contributed by atoms with Gasteiger partial charge in [0, 0.05) is 0 Å². The van der Waals surface area contributed by atoms with Crippen LogP contribution in [-0.2, 0) is 25.6 Å². The molecule has 0 saturated heterocycles. The Hall–Kier alpha value is -2.94. The Kier molecular flexibility index (Phi) is 9.10. The van der Waals surface area contributed by atoms with E-state index in [4.69, 9.17) is 15.0 Å². The van der Waals surface area contributed by atoms with E-state index in [1.807, 2.05) is 0 Å². The lowest BCUT2D eigenvalue weighted by atomic mass is 10.2. The fourth-order valence-corrected chi connectivity index (χ4v) is 2.58. The highest BCUT2D eigenvalue weighted by Gasteiger charge is 2.42. The molecule has 2 N–H and O–H groups in total. The van der Waals surface area contributed by atoms with Gasteiger partial charge in [-0.25, -0.2) is 24.3 Å². The Morgan fingerprint density at radius 1 is 1.11 bits per heavy atom. The highest BCUT2D eigenvalue weighted by Crippen LogP contribution is 2.14. The minimum Gasteiger partial charge on any atom is -0.477 e. The fourth-order valence-electron chi connectivity index (χ4n) is 2.58. The minimum absolute atomic E-state index is 0.0794. The smallest absolute Gasteiger partial charge is 0.454 e. The number of nitrogens with one attached hydrogen (secondary N) is 1. The molecule has 0 aliphatic rings. The van der Waals surface area contributed by atoms with Crippen molar-refractivity contribution in [2.45, 2.75) is 33.6 Å². The van der Waals surface area contributed by atoms with Gasteiger partial charge in [0.05, 0.1) is 26.1 Å². The average molecular weight is 394 g/mol. The highest BCUT2D eigenvalue weighted by atomic mass is 16.8. The average Bonchev–Trinajstić information content (AvgIpc) is 2.68. The molecule has 0 heterocycles. The summed E-state index contributed by atoms with van der Waals surface area (Å²) in [5.41, 5.74) is 0.679. The van der Waals surface area contributed by atoms with Crippen LogP contribution in [-0.4, -0.2) is 64.9 Å². The molecule has 0 aliphatic carbocycles. The van der Waals surface area contributed by atoms with Crippen molar-refractivity contribution in [3.63, 3.8) is 0 Å². The quantitative estimate of drug-likeness (QED) is 0.303. The molecule has 1 aromatic carbocycles. The van der Waals surface area contributed by atoms with E-state index in [2.05, 4.69) is 0 Å². The monoisotopic (exact) mass is 394 g/mol. The number of carbonyl (C=O) groups excluding carboxylic acids is 2. The minimum atomic E-state index is -1.13. The Labute approximate surface area is 164 Å². The number of amides is 1. The van der Waals surface area contributed by atoms with Crippen LogP contribution in [0.25, 0.3) is 0 Å². The van der Waals surface area contributed by atoms with E-state index in [1.54, 1.807) is 51.1 Å². The molecule has 0 aromatic heterocycles. The molecular formula is C19H28N3O6+. The normalized spacial score (nSPS) is 10.8. The number of quaternary nitrogens is 1. The Balaban J connectivity index is 3.08. The molecule has 0 aliphatic heterocycles. The Morgan fingerprint density at radius 2 is 1.71 bits per heavy atom. The predicted molar refractivity (Wildman–Crippen MR) is 101 cm³/mol. The summed E-state index contributed by atoms with van der Waals surface area (Å²) in [7, 11) is 0. The predicted octanol–water partition coefficient (Wildman–Crippen LogP) is 2.41. The number of nitrogens with zero attached hydrogens (tertiary/aromatic N) is 2. The van der Waals surface area contributed by atoms with Gasteiger partial charge in [-0.3, -0.25) is 0 Å². The number of hydroxylamine groups is 2. The van der Waals surface area contributed by atoms with Crippen molar-refractivity contribution in [3.8, 4) is 0 Å². The number of carbonyl (C=O) groups is 3. The van der Waals surface area contributed by atoms with Gasteiger partial charge in [-0.05, 0) is 30.9 Å². The van der Waals surface area contributed by atoms with E-state index in [0.29, 0.717) is 17.0 Å². The van der Waals surface area contributed by atoms with Gasteiger partial charge in [0.25, 0.3) is 0 Å². The third kappa shape index (κ3) is 6.34. The number of guanidine groups is 1. The number of carboxylic acids is 1. The number of ether oxygens (including phenoxy) is 1. The van der Waals surface area contributed by atoms with Gasteiger partial charge in [-0.1, -0.05) is 37.3 Å². The largest absolute Gasteiger partial charge is 0.477 e. The van der Waals surface area contributed by atoms with Crippen molar-refractivity contribution in [2.75, 3.05) is 26.2 Å². The highest BCUT2D eigenvalue weighted by molar-refractivity contribution is 5.90. The van der Waals surface area contributed by atoms with Crippen molar-refractivity contribution in [3.05, 3.63) is 35.9 Å². The lowest BCUT2D eigenvalue weighted by Crippen LogP contribution is -2.62. The van der Waals surface area contributed by atoms with Crippen LogP contribution in [0.3, 0.4) is 0 Å². The van der Waals surface area contributed by atoms with Crippen molar-refractivity contribution < 1.29 is 33.5 Å². The first-order valence-corrected chi connectivity index (χ1v) is 9.18. The molecule has 28 heavy (non-hydrogen) atoms. The van der Waals surface area contributed by atoms with Crippen LogP contribution in [0.15, 0.2) is 30.3 Å². The molecule has 1 amide bonds. The molecule has 0 spiro atoms. The Bertz CT molecular complexity index is 688. The number of hydrogen-bond acceptors (Lipinski definition) is 6. The summed E-state index contributed by atoms with van der Waals surface area (Å²) < 4.78 is 4.65. The van der Waals surface area contributed by atoms with Crippen molar-refractivity contribution >= 4 is 24.0 Å². The summed E-state index contributed by atoms with van der Waals surface area (Å²) in [5.74, 6) is -2.36. The van der Waals surface area contributed by atoms with E-state index in [-0.39, 0.29) is 30.6 Å². The molecule has 9 nitrogen and oxygen atoms in total. The van der Waals surface area contributed by atoms with E-state index in [0.717, 1.165) is 0 Å². The summed E-state index contributed by atoms with van der Waals surface area (Å²) in [6, 6.07) is 8.80. The molecule has 9 heteroatoms. The van der Waals surface area contributed by atoms with Crippen LogP contribution in [0.5, 0.6) is 0 Å². The topological polar surface area (TPSA) is 117 Å². The number of benzene rings is 1. The molecule has 1 rings (SSSR count). The first-order valence-electron chi connectivity index (χ1n) is 9.18. The number of aliphatic carboxylic acids is 1. The van der Waals surface area contributed by atoms with Gasteiger partial charge in [0.15, 0.2) is 6.54 Å². The molecule has 0 saturated carbocycles. The second-order valence-corrected chi connectivity index (χ2v) is 6.19. The summed E-state index contributed by atoms with van der Waals surface area (Å²) in [6.07, 6.45) is -0.590. The van der Waals surface area contributed by atoms with Crippen LogP contribution >= 0.6 is 0 Å². The maximum atomic E-state index is 12.4. The molecule has 0 radical (unpaired) electrons. The Morgan fingerprint density at radius 3 is 2.21 bits per heavy atom. The van der Waals surface area contributed by atoms with Crippen LogP contribution in [0.2, 0.25) is 0 Å². The molecular weight excluding hydrogens is 366 g/mol. The standard InChI is InChI=1S/C19H27N3O6/c1-4-12-27-19(26)21(18(20)22(5-2,6-3)14-16(23)24)28-17(25)13-15-10-8-7-9-11-15/h7-11,20H,4-6,12-14H2,1-3H3/p+1. The van der Waals surface area contributed by atoms with Crippen LogP contribution in [0, 0.1) is 5.41 Å². The first-order chi connectivity index (χ1) is 13.3. The van der Waals surface area contributed by atoms with Crippen LogP contribution in [0.1, 0.15) is 32.8 Å². The van der Waals surface area contributed by atoms with Crippen LogP contribution in [0.4, 0.5) is 4.79 Å². The number of hydrogen-bond donors (Lipinski definition) is 2. The SMILES string of the molecule is CCCOC(=O)N(OC(=O)Cc1ccccc1)C(=N)[N+](CC)(CC)CC(=O)O.